The average molecular weight is 433 g/mol. The maximum Gasteiger partial charge on any atom is 0.191 e. The predicted molar refractivity (Wildman–Crippen MR) is 105 cm³/mol. The molecule has 0 spiro atoms. The zero-order valence-corrected chi connectivity index (χ0v) is 16.8. The number of hydrogen-bond donors (Lipinski definition) is 1. The first-order valence-electron chi connectivity index (χ1n) is 8.09. The van der Waals surface area contributed by atoms with E-state index in [1.165, 1.54) is 5.56 Å². The number of ether oxygens (including phenoxy) is 2. The largest absolute Gasteiger partial charge is 0.494 e. The molecule has 0 aromatic heterocycles. The lowest BCUT2D eigenvalue weighted by Gasteiger charge is -2.19. The molecule has 2 rings (SSSR count). The highest BCUT2D eigenvalue weighted by Gasteiger charge is 2.21. The van der Waals surface area contributed by atoms with Gasteiger partial charge in [-0.25, -0.2) is 4.99 Å². The Morgan fingerprint density at radius 2 is 2.04 bits per heavy atom. The molecule has 0 amide bonds. The molecule has 1 aliphatic heterocycles. The highest BCUT2D eigenvalue weighted by molar-refractivity contribution is 14.0. The van der Waals surface area contributed by atoms with Crippen LogP contribution in [0, 0.1) is 0 Å². The number of fused-ring (bicyclic) bond motifs is 1. The molecular weight excluding hydrogens is 405 g/mol. The van der Waals surface area contributed by atoms with Crippen LogP contribution in [0.3, 0.4) is 0 Å². The summed E-state index contributed by atoms with van der Waals surface area (Å²) >= 11 is 0. The van der Waals surface area contributed by atoms with Crippen molar-refractivity contribution in [2.75, 3.05) is 19.7 Å². The van der Waals surface area contributed by atoms with Crippen LogP contribution in [0.5, 0.6) is 11.5 Å². The van der Waals surface area contributed by atoms with Gasteiger partial charge < -0.3 is 20.1 Å². The van der Waals surface area contributed by atoms with Crippen LogP contribution in [0.15, 0.2) is 17.1 Å². The molecule has 1 aromatic rings. The fourth-order valence-corrected chi connectivity index (χ4v) is 2.71. The van der Waals surface area contributed by atoms with Gasteiger partial charge in [0.1, 0.15) is 17.6 Å². The lowest BCUT2D eigenvalue weighted by atomic mass is 10.1. The first-order valence-corrected chi connectivity index (χ1v) is 8.09. The molecule has 1 heterocycles. The van der Waals surface area contributed by atoms with Gasteiger partial charge in [0.05, 0.1) is 13.2 Å². The topological polar surface area (TPSA) is 60.1 Å². The van der Waals surface area contributed by atoms with E-state index >= 15 is 0 Å². The number of guanidine groups is 1. The number of aliphatic imine (C=N–C) groups is 1. The Kier molecular flexibility index (Phi) is 7.94. The lowest BCUT2D eigenvalue weighted by molar-refractivity contribution is 0.254. The van der Waals surface area contributed by atoms with Crippen molar-refractivity contribution in [3.8, 4) is 11.5 Å². The molecule has 0 aliphatic carbocycles. The third-order valence-electron chi connectivity index (χ3n) is 3.88. The smallest absolute Gasteiger partial charge is 0.191 e. The molecular formula is C17H28IN3O2. The highest BCUT2D eigenvalue weighted by Crippen LogP contribution is 2.35. The summed E-state index contributed by atoms with van der Waals surface area (Å²) in [5.74, 6) is 2.40. The Bertz CT molecular complexity index is 545. The average Bonchev–Trinajstić information content (AvgIpc) is 2.85. The third kappa shape index (κ3) is 4.89. The van der Waals surface area contributed by atoms with Crippen LogP contribution in [0.2, 0.25) is 0 Å². The zero-order valence-electron chi connectivity index (χ0n) is 14.5. The quantitative estimate of drug-likeness (QED) is 0.426. The summed E-state index contributed by atoms with van der Waals surface area (Å²) in [7, 11) is 0. The second-order valence-corrected chi connectivity index (χ2v) is 5.48. The molecule has 0 bridgehead atoms. The van der Waals surface area contributed by atoms with Crippen molar-refractivity contribution in [3.63, 3.8) is 0 Å². The summed E-state index contributed by atoms with van der Waals surface area (Å²) in [5.41, 5.74) is 8.28. The van der Waals surface area contributed by atoms with Gasteiger partial charge >= 0.3 is 0 Å². The number of rotatable bonds is 6. The monoisotopic (exact) mass is 433 g/mol. The van der Waals surface area contributed by atoms with Gasteiger partial charge in [0.2, 0.25) is 0 Å². The van der Waals surface area contributed by atoms with E-state index in [-0.39, 0.29) is 30.1 Å². The third-order valence-corrected chi connectivity index (χ3v) is 3.88. The molecule has 5 nitrogen and oxygen atoms in total. The summed E-state index contributed by atoms with van der Waals surface area (Å²) in [6.45, 7) is 11.1. The maximum atomic E-state index is 6.05. The number of benzene rings is 1. The zero-order chi connectivity index (χ0) is 16.1. The van der Waals surface area contributed by atoms with Gasteiger partial charge in [-0.3, -0.25) is 0 Å². The molecule has 0 saturated carbocycles. The molecule has 6 heteroatoms. The van der Waals surface area contributed by atoms with Gasteiger partial charge in [0.15, 0.2) is 5.96 Å². The molecule has 23 heavy (non-hydrogen) atoms. The molecule has 0 fully saturated rings. The van der Waals surface area contributed by atoms with Crippen LogP contribution in [0.4, 0.5) is 0 Å². The Morgan fingerprint density at radius 3 is 2.65 bits per heavy atom. The molecule has 1 unspecified atom stereocenters. The molecule has 1 atom stereocenters. The number of nitrogens with zero attached hydrogens (tertiary/aromatic N) is 2. The van der Waals surface area contributed by atoms with Gasteiger partial charge in [-0.2, -0.15) is 0 Å². The van der Waals surface area contributed by atoms with Crippen LogP contribution >= 0.6 is 24.0 Å². The van der Waals surface area contributed by atoms with Gasteiger partial charge in [0, 0.05) is 30.6 Å². The van der Waals surface area contributed by atoms with Crippen LogP contribution in [-0.2, 0) is 13.0 Å². The minimum Gasteiger partial charge on any atom is -0.494 e. The minimum atomic E-state index is 0. The van der Waals surface area contributed by atoms with E-state index in [1.54, 1.807) is 0 Å². The van der Waals surface area contributed by atoms with Crippen molar-refractivity contribution in [3.05, 3.63) is 23.3 Å². The lowest BCUT2D eigenvalue weighted by Crippen LogP contribution is -2.37. The van der Waals surface area contributed by atoms with Crippen LogP contribution in [-0.4, -0.2) is 36.7 Å². The highest BCUT2D eigenvalue weighted by atomic mass is 127. The summed E-state index contributed by atoms with van der Waals surface area (Å²) in [6, 6.07) is 4.13. The van der Waals surface area contributed by atoms with E-state index in [4.69, 9.17) is 15.2 Å². The van der Waals surface area contributed by atoms with Crippen LogP contribution < -0.4 is 15.2 Å². The van der Waals surface area contributed by atoms with Gasteiger partial charge in [-0.15, -0.1) is 24.0 Å². The van der Waals surface area contributed by atoms with E-state index in [9.17, 15) is 0 Å². The summed E-state index contributed by atoms with van der Waals surface area (Å²) in [5, 5.41) is 0. The van der Waals surface area contributed by atoms with E-state index in [0.717, 1.165) is 36.6 Å². The molecule has 0 radical (unpaired) electrons. The van der Waals surface area contributed by atoms with Crippen LogP contribution in [0.25, 0.3) is 0 Å². The Balaban J connectivity index is 0.00000264. The van der Waals surface area contributed by atoms with Gasteiger partial charge in [0.25, 0.3) is 0 Å². The van der Waals surface area contributed by atoms with E-state index in [0.29, 0.717) is 19.1 Å². The van der Waals surface area contributed by atoms with Crippen LogP contribution in [0.1, 0.15) is 38.8 Å². The fraction of sp³-hybridized carbons (Fsp3) is 0.588. The second kappa shape index (κ2) is 9.20. The van der Waals surface area contributed by atoms with Gasteiger partial charge in [-0.05, 0) is 39.8 Å². The van der Waals surface area contributed by atoms with Crippen molar-refractivity contribution >= 4 is 29.9 Å². The van der Waals surface area contributed by atoms with E-state index in [1.807, 2.05) is 17.9 Å². The Labute approximate surface area is 156 Å². The van der Waals surface area contributed by atoms with E-state index < -0.39 is 0 Å². The SMILES string of the molecule is CCOc1cc2c(cc1CN=C(N)N(CC)CC)OC(C)C2.I. The molecule has 1 aromatic carbocycles. The molecule has 130 valence electrons. The number of nitrogens with two attached hydrogens (primary N) is 1. The van der Waals surface area contributed by atoms with E-state index in [2.05, 4.69) is 31.8 Å². The Morgan fingerprint density at radius 1 is 1.35 bits per heavy atom. The molecule has 2 N–H and O–H groups in total. The number of halogens is 1. The fourth-order valence-electron chi connectivity index (χ4n) is 2.71. The summed E-state index contributed by atoms with van der Waals surface area (Å²) in [6.07, 6.45) is 1.16. The second-order valence-electron chi connectivity index (χ2n) is 5.48. The minimum absolute atomic E-state index is 0. The summed E-state index contributed by atoms with van der Waals surface area (Å²) < 4.78 is 11.6. The predicted octanol–water partition coefficient (Wildman–Crippen LogP) is 3.18. The van der Waals surface area contributed by atoms with Gasteiger partial charge in [-0.1, -0.05) is 0 Å². The first-order chi connectivity index (χ1) is 10.6. The van der Waals surface area contributed by atoms with Crippen molar-refractivity contribution in [1.82, 2.24) is 4.90 Å². The normalized spacial score (nSPS) is 16.3. The Hall–Kier alpha value is -1.18. The molecule has 1 aliphatic rings. The van der Waals surface area contributed by atoms with Crippen molar-refractivity contribution in [1.29, 1.82) is 0 Å². The van der Waals surface area contributed by atoms with Crippen molar-refractivity contribution in [2.24, 2.45) is 10.7 Å². The molecule has 0 saturated heterocycles. The van der Waals surface area contributed by atoms with Crippen molar-refractivity contribution < 1.29 is 9.47 Å². The maximum absolute atomic E-state index is 6.05. The standard InChI is InChI=1S/C17H27N3O2.HI/c1-5-20(6-2)17(18)19-11-14-10-16-13(8-12(4)22-16)9-15(14)21-7-3;/h9-10,12H,5-8,11H2,1-4H3,(H2,18,19);1H. The van der Waals surface area contributed by atoms with Crippen molar-refractivity contribution in [2.45, 2.75) is 46.8 Å². The number of hydrogen-bond acceptors (Lipinski definition) is 3. The first kappa shape index (κ1) is 19.9. The summed E-state index contributed by atoms with van der Waals surface area (Å²) in [4.78, 5) is 6.54.